The summed E-state index contributed by atoms with van der Waals surface area (Å²) >= 11 is 0. The number of carboxylic acids is 4. The van der Waals surface area contributed by atoms with Gasteiger partial charge in [-0.1, -0.05) is 24.3 Å². The van der Waals surface area contributed by atoms with Crippen LogP contribution in [0.1, 0.15) is 57.4 Å². The average Bonchev–Trinajstić information content (AvgIpc) is 2.59. The van der Waals surface area contributed by atoms with Crippen LogP contribution in [-0.4, -0.2) is 29.7 Å². The monoisotopic (exact) mass is 886 g/mol. The normalized spacial score (nSPS) is 8.80. The zero-order chi connectivity index (χ0) is 19.6. The van der Waals surface area contributed by atoms with Crippen LogP contribution in [0.5, 0.6) is 0 Å². The summed E-state index contributed by atoms with van der Waals surface area (Å²) in [5.74, 6) is -8.19. The van der Waals surface area contributed by atoms with Gasteiger partial charge in [0, 0.05) is 33.4 Å². The molecule has 0 atom stereocenters. The summed E-state index contributed by atoms with van der Waals surface area (Å²) in [5, 5.41) is 43.8. The summed E-state index contributed by atoms with van der Waals surface area (Å²) in [4.78, 5) is 56.2. The van der Waals surface area contributed by atoms with Gasteiger partial charge in [-0.2, -0.15) is 0 Å². The van der Waals surface area contributed by atoms with E-state index in [1.807, 2.05) is 0 Å². The molecule has 0 N–H and O–H groups in total. The first-order chi connectivity index (χ1) is 12.1. The second kappa shape index (κ2) is 18.4. The summed E-state index contributed by atoms with van der Waals surface area (Å²) in [7, 11) is 0. The number of hydrogen-bond donors (Lipinski definition) is 0. The van der Waals surface area contributed by atoms with Gasteiger partial charge in [0.1, 0.15) is 0 Å². The van der Waals surface area contributed by atoms with Gasteiger partial charge in [0.05, 0.1) is 23.9 Å². The first-order valence-corrected chi connectivity index (χ1v) is 6.81. The van der Waals surface area contributed by atoms with Gasteiger partial charge in [-0.05, 0) is 12.1 Å². The second-order valence-electron chi connectivity index (χ2n) is 5.00. The van der Waals surface area contributed by atoms with E-state index in [1.54, 1.807) is 0 Å². The fourth-order valence-electron chi connectivity index (χ4n) is 2.23. The first kappa shape index (κ1) is 38.7. The molecule has 0 amide bonds. The quantitative estimate of drug-likeness (QED) is 0.255. The van der Waals surface area contributed by atoms with Crippen LogP contribution in [0.4, 0.5) is 0 Å². The molecule has 0 aliphatic carbocycles. The maximum atomic E-state index is 12.4. The molecule has 0 fully saturated rings. The molecule has 0 unspecified atom stereocenters. The van der Waals surface area contributed by atoms with Crippen molar-refractivity contribution in [2.45, 2.75) is 0 Å². The molecule has 0 radical (unpaired) electrons. The van der Waals surface area contributed by atoms with Crippen LogP contribution in [0, 0.1) is 0 Å². The van der Waals surface area contributed by atoms with Crippen molar-refractivity contribution in [2.75, 3.05) is 0 Å². The molecule has 0 saturated heterocycles. The Morgan fingerprint density at radius 3 is 0.967 bits per heavy atom. The molecule has 13 heteroatoms. The van der Waals surface area contributed by atoms with E-state index in [9.17, 15) is 44.4 Å². The second-order valence-corrected chi connectivity index (χ2v) is 5.00. The molecule has 30 heavy (non-hydrogen) atoms. The molecule has 0 heterocycles. The maximum Gasteiger partial charge on any atom is 1.00 e. The molecule has 0 spiro atoms. The van der Waals surface area contributed by atoms with Crippen molar-refractivity contribution in [2.24, 2.45) is 0 Å². The Labute approximate surface area is 406 Å². The smallest absolute Gasteiger partial charge is 0.545 e. The van der Waals surface area contributed by atoms with Crippen LogP contribution in [0.3, 0.4) is 0 Å². The van der Waals surface area contributed by atoms with Crippen molar-refractivity contribution in [3.63, 3.8) is 0 Å². The van der Waals surface area contributed by atoms with Gasteiger partial charge in [0.15, 0.2) is 5.78 Å². The molecule has 0 bridgehead atoms. The van der Waals surface area contributed by atoms with E-state index in [0.717, 1.165) is 36.4 Å². The molecule has 0 aliphatic heterocycles. The molecule has 0 aliphatic rings. The van der Waals surface area contributed by atoms with E-state index < -0.39 is 51.9 Å². The summed E-state index contributed by atoms with van der Waals surface area (Å²) in [6.45, 7) is 0. The van der Waals surface area contributed by atoms with Crippen LogP contribution < -0.4 is 296 Å². The van der Waals surface area contributed by atoms with Gasteiger partial charge in [-0.3, -0.25) is 4.79 Å². The van der Waals surface area contributed by atoms with Crippen LogP contribution in [0.2, 0.25) is 0 Å². The molecular weight excluding hydrogens is 880 g/mol. The van der Waals surface area contributed by atoms with Gasteiger partial charge in [0.25, 0.3) is 0 Å². The van der Waals surface area contributed by atoms with E-state index in [1.165, 1.54) is 0 Å². The summed E-state index contributed by atoms with van der Waals surface area (Å²) < 4.78 is 0. The predicted molar refractivity (Wildman–Crippen MR) is 73.6 cm³/mol. The van der Waals surface area contributed by atoms with Gasteiger partial charge in [0.2, 0.25) is 0 Å². The van der Waals surface area contributed by atoms with Gasteiger partial charge in [-0.15, -0.1) is 0 Å². The fourth-order valence-corrected chi connectivity index (χ4v) is 2.23. The SMILES string of the molecule is O=C(c1ccc(C(=O)[O-])c(C(=O)[O-])c1)c1ccc(C(=O)[O-])c(C(=O)[O-])c1.[Cs+].[Cs+].[Cs+].[Cs+]. The van der Waals surface area contributed by atoms with Gasteiger partial charge >= 0.3 is 276 Å². The van der Waals surface area contributed by atoms with E-state index in [2.05, 4.69) is 0 Å². The Balaban J connectivity index is -0.00000182. The van der Waals surface area contributed by atoms with E-state index >= 15 is 0 Å². The molecule has 2 rings (SSSR count). The van der Waals surface area contributed by atoms with Crippen molar-refractivity contribution in [1.82, 2.24) is 0 Å². The van der Waals surface area contributed by atoms with Crippen molar-refractivity contribution < 1.29 is 320 Å². The third-order valence-electron chi connectivity index (χ3n) is 3.44. The van der Waals surface area contributed by atoms with Crippen LogP contribution in [-0.2, 0) is 0 Å². The van der Waals surface area contributed by atoms with Crippen molar-refractivity contribution >= 4 is 29.7 Å². The minimum atomic E-state index is -1.86. The molecule has 2 aromatic rings. The fraction of sp³-hybridized carbons (Fsp3) is 0. The van der Waals surface area contributed by atoms with E-state index in [0.29, 0.717) is 0 Å². The van der Waals surface area contributed by atoms with Gasteiger partial charge < -0.3 is 39.6 Å². The van der Waals surface area contributed by atoms with E-state index in [4.69, 9.17) is 0 Å². The summed E-state index contributed by atoms with van der Waals surface area (Å²) in [6.07, 6.45) is 0. The Morgan fingerprint density at radius 2 is 0.733 bits per heavy atom. The maximum absolute atomic E-state index is 12.4. The van der Waals surface area contributed by atoms with Gasteiger partial charge in [-0.25, -0.2) is 0 Å². The summed E-state index contributed by atoms with van der Waals surface area (Å²) in [5.41, 5.74) is -3.60. The standard InChI is InChI=1S/C17H10O9.4Cs/c18-13(7-1-3-9(14(19)20)11(5-7)16(23)24)8-2-4-10(15(21)22)12(6-8)17(25)26;;;;/h1-6H,(H,19,20)(H,21,22)(H,23,24)(H,25,26);;;;/q;4*+1/p-4. The topological polar surface area (TPSA) is 178 Å². The number of rotatable bonds is 6. The Kier molecular flexibility index (Phi) is 23.8. The Bertz CT molecular complexity index is 912. The number of carboxylic acid groups (broad SMARTS) is 4. The van der Waals surface area contributed by atoms with Crippen LogP contribution in [0.25, 0.3) is 0 Å². The largest absolute Gasteiger partial charge is 1.00 e. The van der Waals surface area contributed by atoms with Crippen molar-refractivity contribution in [1.29, 1.82) is 0 Å². The zero-order valence-electron chi connectivity index (χ0n) is 16.6. The third kappa shape index (κ3) is 10.7. The molecule has 132 valence electrons. The molecule has 0 aromatic heterocycles. The van der Waals surface area contributed by atoms with Crippen LogP contribution in [0.15, 0.2) is 36.4 Å². The molecule has 9 nitrogen and oxygen atoms in total. The molecule has 2 aromatic carbocycles. The number of benzene rings is 2. The average molecular weight is 886 g/mol. The van der Waals surface area contributed by atoms with Crippen molar-refractivity contribution in [3.8, 4) is 0 Å². The third-order valence-corrected chi connectivity index (χ3v) is 3.44. The minimum absolute atomic E-state index is 0. The number of hydrogen-bond acceptors (Lipinski definition) is 9. The van der Waals surface area contributed by atoms with Crippen molar-refractivity contribution in [3.05, 3.63) is 69.8 Å². The summed E-state index contributed by atoms with van der Waals surface area (Å²) in [6, 6.07) is 5.09. The first-order valence-electron chi connectivity index (χ1n) is 6.81. The number of carbonyl (C=O) groups excluding carboxylic acids is 5. The molecular formula is C17H6Cs4O9. The molecule has 0 saturated carbocycles. The zero-order valence-corrected chi connectivity index (χ0v) is 41.8. The van der Waals surface area contributed by atoms with E-state index in [-0.39, 0.29) is 287 Å². The predicted octanol–water partition coefficient (Wildman–Crippen LogP) is -15.6. The number of ketones is 1. The minimum Gasteiger partial charge on any atom is -0.545 e. The Hall–Kier alpha value is 4.20. The number of carbonyl (C=O) groups is 5. The Morgan fingerprint density at radius 1 is 0.467 bits per heavy atom. The van der Waals surface area contributed by atoms with Crippen LogP contribution >= 0.6 is 0 Å². The number of aromatic carboxylic acids is 4.